The van der Waals surface area contributed by atoms with Gasteiger partial charge in [-0.05, 0) is 36.2 Å². The molecular formula is C16H13F3N2O2. The molecule has 1 heterocycles. The van der Waals surface area contributed by atoms with Gasteiger partial charge in [0.05, 0.1) is 16.6 Å². The van der Waals surface area contributed by atoms with Crippen LogP contribution < -0.4 is 5.69 Å². The molecule has 0 unspecified atom stereocenters. The van der Waals surface area contributed by atoms with Crippen molar-refractivity contribution < 1.29 is 18.3 Å². The Kier molecular flexibility index (Phi) is 3.63. The molecule has 0 aliphatic rings. The molecule has 3 rings (SSSR count). The van der Waals surface area contributed by atoms with Crippen LogP contribution in [0.1, 0.15) is 11.1 Å². The van der Waals surface area contributed by atoms with Crippen LogP contribution in [0.4, 0.5) is 13.2 Å². The molecule has 2 N–H and O–H groups in total. The monoisotopic (exact) mass is 322 g/mol. The fraction of sp³-hybridized carbons (Fsp3) is 0.188. The van der Waals surface area contributed by atoms with E-state index in [1.54, 1.807) is 24.3 Å². The van der Waals surface area contributed by atoms with Crippen molar-refractivity contribution in [3.63, 3.8) is 0 Å². The van der Waals surface area contributed by atoms with E-state index >= 15 is 0 Å². The van der Waals surface area contributed by atoms with Crippen molar-refractivity contribution in [1.29, 1.82) is 0 Å². The number of H-pyrrole nitrogens is 1. The number of aromatic nitrogens is 2. The number of phenolic OH excluding ortho intramolecular Hbond substituents is 1. The minimum atomic E-state index is -4.46. The molecule has 0 fully saturated rings. The summed E-state index contributed by atoms with van der Waals surface area (Å²) in [5.41, 5.74) is -0.0740. The number of imidazole rings is 1. The zero-order valence-corrected chi connectivity index (χ0v) is 11.9. The number of aryl methyl sites for hydroxylation is 2. The lowest BCUT2D eigenvalue weighted by Crippen LogP contribution is -2.17. The Bertz CT molecular complexity index is 910. The largest absolute Gasteiger partial charge is 0.508 e. The van der Waals surface area contributed by atoms with Crippen LogP contribution in [0.15, 0.2) is 47.3 Å². The molecule has 120 valence electrons. The van der Waals surface area contributed by atoms with Gasteiger partial charge < -0.3 is 10.1 Å². The first-order valence-corrected chi connectivity index (χ1v) is 6.93. The maximum absolute atomic E-state index is 12.7. The lowest BCUT2D eigenvalue weighted by Gasteiger charge is -2.08. The number of rotatable bonds is 3. The Labute approximate surface area is 128 Å². The lowest BCUT2D eigenvalue weighted by molar-refractivity contribution is -0.137. The molecule has 4 nitrogen and oxygen atoms in total. The highest BCUT2D eigenvalue weighted by Gasteiger charge is 2.30. The highest BCUT2D eigenvalue weighted by atomic mass is 19.4. The van der Waals surface area contributed by atoms with Crippen molar-refractivity contribution >= 4 is 11.0 Å². The van der Waals surface area contributed by atoms with Gasteiger partial charge in [-0.15, -0.1) is 0 Å². The maximum Gasteiger partial charge on any atom is 0.416 e. The molecule has 0 bridgehead atoms. The first-order chi connectivity index (χ1) is 10.9. The minimum Gasteiger partial charge on any atom is -0.508 e. The fourth-order valence-electron chi connectivity index (χ4n) is 2.52. The van der Waals surface area contributed by atoms with Crippen LogP contribution in [0.25, 0.3) is 11.0 Å². The molecule has 0 saturated carbocycles. The molecule has 0 aliphatic heterocycles. The van der Waals surface area contributed by atoms with Gasteiger partial charge in [0.2, 0.25) is 0 Å². The maximum atomic E-state index is 12.7. The predicted molar refractivity (Wildman–Crippen MR) is 79.4 cm³/mol. The second-order valence-corrected chi connectivity index (χ2v) is 5.19. The van der Waals surface area contributed by atoms with E-state index in [0.29, 0.717) is 17.5 Å². The van der Waals surface area contributed by atoms with Crippen LogP contribution in [0.5, 0.6) is 5.75 Å². The average Bonchev–Trinajstić information content (AvgIpc) is 2.80. The summed E-state index contributed by atoms with van der Waals surface area (Å²) in [4.78, 5) is 14.4. The fourth-order valence-corrected chi connectivity index (χ4v) is 2.52. The third-order valence-corrected chi connectivity index (χ3v) is 3.70. The van der Waals surface area contributed by atoms with Crippen LogP contribution in [0, 0.1) is 0 Å². The highest BCUT2D eigenvalue weighted by Crippen LogP contribution is 2.30. The molecule has 0 atom stereocenters. The number of alkyl halides is 3. The minimum absolute atomic E-state index is 0.125. The number of fused-ring (bicyclic) bond motifs is 1. The van der Waals surface area contributed by atoms with E-state index in [9.17, 15) is 23.1 Å². The normalized spacial score (nSPS) is 12.0. The van der Waals surface area contributed by atoms with Gasteiger partial charge in [-0.1, -0.05) is 18.2 Å². The van der Waals surface area contributed by atoms with Gasteiger partial charge in [0.15, 0.2) is 0 Å². The number of nitrogens with zero attached hydrogens (tertiary/aromatic N) is 1. The molecule has 0 amide bonds. The topological polar surface area (TPSA) is 58.0 Å². The van der Waals surface area contributed by atoms with Crippen LogP contribution >= 0.6 is 0 Å². The number of hydrogen-bond acceptors (Lipinski definition) is 2. The van der Waals surface area contributed by atoms with Gasteiger partial charge in [-0.25, -0.2) is 4.79 Å². The molecule has 7 heteroatoms. The molecule has 3 aromatic rings. The zero-order chi connectivity index (χ0) is 16.6. The molecule has 0 aliphatic carbocycles. The van der Waals surface area contributed by atoms with Crippen LogP contribution in [-0.2, 0) is 19.1 Å². The molecule has 0 radical (unpaired) electrons. The summed E-state index contributed by atoms with van der Waals surface area (Å²) in [7, 11) is 0. The SMILES string of the molecule is O=c1[nH]c2cc(C(F)(F)F)ccc2n1CCc1ccccc1O. The van der Waals surface area contributed by atoms with Crippen molar-refractivity contribution in [2.75, 3.05) is 0 Å². The summed E-state index contributed by atoms with van der Waals surface area (Å²) < 4.78 is 39.5. The van der Waals surface area contributed by atoms with Crippen molar-refractivity contribution in [3.8, 4) is 5.75 Å². The number of aromatic hydroxyl groups is 1. The molecule has 1 aromatic heterocycles. The number of halogens is 3. The Morgan fingerprint density at radius 2 is 1.87 bits per heavy atom. The van der Waals surface area contributed by atoms with E-state index in [0.717, 1.165) is 12.1 Å². The van der Waals surface area contributed by atoms with Crippen molar-refractivity contribution in [2.24, 2.45) is 0 Å². The zero-order valence-electron chi connectivity index (χ0n) is 11.9. The summed E-state index contributed by atoms with van der Waals surface area (Å²) in [5.74, 6) is 0.125. The summed E-state index contributed by atoms with van der Waals surface area (Å²) in [6, 6.07) is 9.89. The number of benzene rings is 2. The Hall–Kier alpha value is -2.70. The Morgan fingerprint density at radius 1 is 1.13 bits per heavy atom. The molecule has 23 heavy (non-hydrogen) atoms. The molecule has 0 spiro atoms. The number of aromatic amines is 1. The quantitative estimate of drug-likeness (QED) is 0.777. The summed E-state index contributed by atoms with van der Waals surface area (Å²) in [6.45, 7) is 0.252. The van der Waals surface area contributed by atoms with Gasteiger partial charge in [0, 0.05) is 6.54 Å². The third kappa shape index (κ3) is 2.94. The standard InChI is InChI=1S/C16H13F3N2O2/c17-16(18,19)11-5-6-13-12(9-11)20-15(23)21(13)8-7-10-3-1-2-4-14(10)22/h1-6,9,22H,7-8H2,(H,20,23). The number of hydrogen-bond donors (Lipinski definition) is 2. The van der Waals surface area contributed by atoms with Crippen LogP contribution in [0.2, 0.25) is 0 Å². The Balaban J connectivity index is 1.94. The van der Waals surface area contributed by atoms with E-state index in [2.05, 4.69) is 4.98 Å². The summed E-state index contributed by atoms with van der Waals surface area (Å²) >= 11 is 0. The number of nitrogens with one attached hydrogen (secondary N) is 1. The van der Waals surface area contributed by atoms with Crippen LogP contribution in [0.3, 0.4) is 0 Å². The van der Waals surface area contributed by atoms with Crippen molar-refractivity contribution in [1.82, 2.24) is 9.55 Å². The predicted octanol–water partition coefficient (Wildman–Crippen LogP) is 3.30. The Morgan fingerprint density at radius 3 is 2.57 bits per heavy atom. The van der Waals surface area contributed by atoms with E-state index in [1.807, 2.05) is 0 Å². The number of para-hydroxylation sites is 1. The first-order valence-electron chi connectivity index (χ1n) is 6.93. The summed E-state index contributed by atoms with van der Waals surface area (Å²) in [5, 5.41) is 9.73. The van der Waals surface area contributed by atoms with E-state index < -0.39 is 17.4 Å². The third-order valence-electron chi connectivity index (χ3n) is 3.70. The smallest absolute Gasteiger partial charge is 0.416 e. The van der Waals surface area contributed by atoms with E-state index in [4.69, 9.17) is 0 Å². The molecular weight excluding hydrogens is 309 g/mol. The molecule has 0 saturated heterocycles. The first kappa shape index (κ1) is 15.2. The van der Waals surface area contributed by atoms with Crippen LogP contribution in [-0.4, -0.2) is 14.7 Å². The van der Waals surface area contributed by atoms with Gasteiger partial charge in [0.25, 0.3) is 0 Å². The van der Waals surface area contributed by atoms with Crippen molar-refractivity contribution in [3.05, 3.63) is 64.1 Å². The van der Waals surface area contributed by atoms with Gasteiger partial charge in [-0.3, -0.25) is 4.57 Å². The van der Waals surface area contributed by atoms with Gasteiger partial charge >= 0.3 is 11.9 Å². The molecule has 2 aromatic carbocycles. The second-order valence-electron chi connectivity index (χ2n) is 5.19. The van der Waals surface area contributed by atoms with E-state index in [-0.39, 0.29) is 17.8 Å². The number of phenols is 1. The van der Waals surface area contributed by atoms with E-state index in [1.165, 1.54) is 10.6 Å². The highest BCUT2D eigenvalue weighted by molar-refractivity contribution is 5.76. The average molecular weight is 322 g/mol. The van der Waals surface area contributed by atoms with Gasteiger partial charge in [-0.2, -0.15) is 13.2 Å². The second kappa shape index (κ2) is 5.49. The van der Waals surface area contributed by atoms with Crippen molar-refractivity contribution in [2.45, 2.75) is 19.1 Å². The van der Waals surface area contributed by atoms with Gasteiger partial charge in [0.1, 0.15) is 5.75 Å². The summed E-state index contributed by atoms with van der Waals surface area (Å²) in [6.07, 6.45) is -4.07. The lowest BCUT2D eigenvalue weighted by atomic mass is 10.1.